The molecule has 0 spiro atoms. The van der Waals surface area contributed by atoms with E-state index in [2.05, 4.69) is 95.5 Å². The number of thiophene rings is 1. The van der Waals surface area contributed by atoms with Gasteiger partial charge in [0.15, 0.2) is 0 Å². The van der Waals surface area contributed by atoms with E-state index >= 15 is 0 Å². The summed E-state index contributed by atoms with van der Waals surface area (Å²) in [5, 5.41) is 1.33. The van der Waals surface area contributed by atoms with Crippen molar-refractivity contribution >= 4 is 44.4 Å². The van der Waals surface area contributed by atoms with Gasteiger partial charge in [0, 0.05) is 38.5 Å². The number of rotatable bonds is 2. The van der Waals surface area contributed by atoms with Crippen molar-refractivity contribution < 1.29 is 0 Å². The molecule has 2 aliphatic rings. The fourth-order valence-electron chi connectivity index (χ4n) is 4.56. The first-order chi connectivity index (χ1) is 15.8. The van der Waals surface area contributed by atoms with Crippen molar-refractivity contribution in [2.45, 2.75) is 12.8 Å². The van der Waals surface area contributed by atoms with Crippen LogP contribution < -0.4 is 4.90 Å². The summed E-state index contributed by atoms with van der Waals surface area (Å²) in [7, 11) is 0. The zero-order chi connectivity index (χ0) is 21.5. The molecule has 2 aromatic carbocycles. The van der Waals surface area contributed by atoms with Gasteiger partial charge in [0.2, 0.25) is 0 Å². The Balaban J connectivity index is 1.56. The number of aryl methyl sites for hydroxylation is 1. The van der Waals surface area contributed by atoms with Gasteiger partial charge in [-0.1, -0.05) is 67.3 Å². The molecule has 0 N–H and O–H groups in total. The molecule has 0 amide bonds. The Kier molecular flexibility index (Phi) is 4.62. The molecule has 1 aliphatic carbocycles. The zero-order valence-corrected chi connectivity index (χ0v) is 18.5. The number of benzene rings is 2. The molecule has 3 heteroatoms. The van der Waals surface area contributed by atoms with Crippen LogP contribution in [0.5, 0.6) is 0 Å². The number of anilines is 2. The van der Waals surface area contributed by atoms with Gasteiger partial charge < -0.3 is 4.90 Å². The average molecular weight is 431 g/mol. The molecule has 0 saturated heterocycles. The highest BCUT2D eigenvalue weighted by Crippen LogP contribution is 2.45. The molecule has 0 radical (unpaired) electrons. The highest BCUT2D eigenvalue weighted by atomic mass is 32.1. The highest BCUT2D eigenvalue weighted by Gasteiger charge is 2.22. The van der Waals surface area contributed by atoms with Gasteiger partial charge in [0.25, 0.3) is 0 Å². The second-order valence-electron chi connectivity index (χ2n) is 8.11. The molecular weight excluding hydrogens is 408 g/mol. The summed E-state index contributed by atoms with van der Waals surface area (Å²) in [6, 6.07) is 17.1. The standard InChI is InChI=1S/C29H22N2S/c1-20-9-7-8-16-31(23-17-22(18-30-19-23)21-10-3-2-4-11-21)26-15-14-25-24-12-5-6-13-27(24)32-29(25)28(20)26/h2-5,7-12,14-19H,1,6,13H2/b9-7-,16-8-. The van der Waals surface area contributed by atoms with Crippen molar-refractivity contribution in [3.8, 4) is 11.1 Å². The summed E-state index contributed by atoms with van der Waals surface area (Å²) in [5.41, 5.74) is 8.07. The summed E-state index contributed by atoms with van der Waals surface area (Å²) in [6.07, 6.45) is 19.0. The summed E-state index contributed by atoms with van der Waals surface area (Å²) in [5.74, 6) is 0. The molecule has 0 fully saturated rings. The average Bonchev–Trinajstić information content (AvgIpc) is 3.21. The summed E-state index contributed by atoms with van der Waals surface area (Å²) >= 11 is 1.92. The lowest BCUT2D eigenvalue weighted by Gasteiger charge is -2.25. The van der Waals surface area contributed by atoms with Crippen LogP contribution in [0.25, 0.3) is 32.9 Å². The van der Waals surface area contributed by atoms with Crippen LogP contribution in [0.3, 0.4) is 0 Å². The monoisotopic (exact) mass is 430 g/mol. The number of hydrogen-bond donors (Lipinski definition) is 0. The van der Waals surface area contributed by atoms with Gasteiger partial charge in [-0.3, -0.25) is 4.98 Å². The van der Waals surface area contributed by atoms with Crippen molar-refractivity contribution in [1.29, 1.82) is 0 Å². The van der Waals surface area contributed by atoms with E-state index in [0.717, 1.165) is 40.9 Å². The minimum absolute atomic E-state index is 1.03. The first-order valence-corrected chi connectivity index (χ1v) is 11.7. The van der Waals surface area contributed by atoms with E-state index in [1.807, 2.05) is 29.8 Å². The molecule has 0 unspecified atom stereocenters. The van der Waals surface area contributed by atoms with Crippen molar-refractivity contribution in [2.75, 3.05) is 4.90 Å². The van der Waals surface area contributed by atoms with E-state index in [4.69, 9.17) is 0 Å². The fourth-order valence-corrected chi connectivity index (χ4v) is 5.94. The number of fused-ring (bicyclic) bond motifs is 5. The maximum atomic E-state index is 4.58. The Morgan fingerprint density at radius 3 is 2.75 bits per heavy atom. The highest BCUT2D eigenvalue weighted by molar-refractivity contribution is 7.19. The Hall–Kier alpha value is -3.69. The van der Waals surface area contributed by atoms with Gasteiger partial charge in [-0.2, -0.15) is 0 Å². The molecule has 4 aromatic rings. The maximum Gasteiger partial charge on any atom is 0.0645 e. The molecule has 32 heavy (non-hydrogen) atoms. The molecule has 2 aromatic heterocycles. The molecule has 0 saturated carbocycles. The second kappa shape index (κ2) is 7.77. The van der Waals surface area contributed by atoms with E-state index in [9.17, 15) is 0 Å². The van der Waals surface area contributed by atoms with E-state index in [1.54, 1.807) is 0 Å². The molecule has 154 valence electrons. The van der Waals surface area contributed by atoms with Crippen LogP contribution in [0, 0.1) is 0 Å². The van der Waals surface area contributed by atoms with Crippen LogP contribution in [0.4, 0.5) is 11.4 Å². The maximum absolute atomic E-state index is 4.58. The van der Waals surface area contributed by atoms with Gasteiger partial charge in [0.1, 0.15) is 0 Å². The van der Waals surface area contributed by atoms with Gasteiger partial charge >= 0.3 is 0 Å². The number of allylic oxidation sites excluding steroid dienone is 5. The lowest BCUT2D eigenvalue weighted by molar-refractivity contribution is 1.02. The lowest BCUT2D eigenvalue weighted by Crippen LogP contribution is -2.11. The Bertz CT molecular complexity index is 1440. The van der Waals surface area contributed by atoms with Gasteiger partial charge in [0.05, 0.1) is 17.6 Å². The van der Waals surface area contributed by atoms with Crippen LogP contribution in [0.15, 0.2) is 98.0 Å². The smallest absolute Gasteiger partial charge is 0.0645 e. The topological polar surface area (TPSA) is 16.1 Å². The summed E-state index contributed by atoms with van der Waals surface area (Å²) in [6.45, 7) is 4.43. The van der Waals surface area contributed by atoms with Crippen LogP contribution in [0.2, 0.25) is 0 Å². The predicted octanol–water partition coefficient (Wildman–Crippen LogP) is 8.16. The second-order valence-corrected chi connectivity index (χ2v) is 9.22. The quantitative estimate of drug-likeness (QED) is 0.319. The summed E-state index contributed by atoms with van der Waals surface area (Å²) in [4.78, 5) is 8.29. The lowest BCUT2D eigenvalue weighted by atomic mass is 9.96. The minimum atomic E-state index is 1.03. The number of aromatic nitrogens is 1. The van der Waals surface area contributed by atoms with Crippen molar-refractivity contribution in [2.24, 2.45) is 0 Å². The van der Waals surface area contributed by atoms with Crippen LogP contribution in [0.1, 0.15) is 22.4 Å². The molecule has 0 atom stereocenters. The van der Waals surface area contributed by atoms with Crippen molar-refractivity contribution in [3.63, 3.8) is 0 Å². The zero-order valence-electron chi connectivity index (χ0n) is 17.7. The number of hydrogen-bond acceptors (Lipinski definition) is 3. The third-order valence-electron chi connectivity index (χ3n) is 6.11. The Labute approximate surface area is 192 Å². The van der Waals surface area contributed by atoms with Crippen molar-refractivity contribution in [1.82, 2.24) is 4.98 Å². The SMILES string of the molecule is C=C1/C=C\C=C/N(c2cncc(-c3ccccc3)c2)c2ccc3c4c(sc3c21)CCC=C4. The molecule has 2 nitrogen and oxygen atoms in total. The van der Waals surface area contributed by atoms with Crippen LogP contribution in [-0.2, 0) is 6.42 Å². The largest absolute Gasteiger partial charge is 0.315 e. The van der Waals surface area contributed by atoms with Crippen molar-refractivity contribution in [3.05, 3.63) is 114 Å². The van der Waals surface area contributed by atoms with Crippen LogP contribution in [-0.4, -0.2) is 4.98 Å². The minimum Gasteiger partial charge on any atom is -0.315 e. The Morgan fingerprint density at radius 1 is 0.938 bits per heavy atom. The third kappa shape index (κ3) is 3.14. The van der Waals surface area contributed by atoms with E-state index in [1.165, 1.54) is 26.1 Å². The Morgan fingerprint density at radius 2 is 1.84 bits per heavy atom. The first kappa shape index (κ1) is 19.0. The van der Waals surface area contributed by atoms with Crippen LogP contribution >= 0.6 is 11.3 Å². The molecule has 1 aliphatic heterocycles. The van der Waals surface area contributed by atoms with Gasteiger partial charge in [-0.15, -0.1) is 11.3 Å². The van der Waals surface area contributed by atoms with E-state index in [0.29, 0.717) is 0 Å². The third-order valence-corrected chi connectivity index (χ3v) is 7.41. The number of nitrogens with zero attached hydrogens (tertiary/aromatic N) is 2. The normalized spacial score (nSPS) is 16.9. The predicted molar refractivity (Wildman–Crippen MR) is 138 cm³/mol. The van der Waals surface area contributed by atoms with Gasteiger partial charge in [-0.05, 0) is 47.8 Å². The summed E-state index contributed by atoms with van der Waals surface area (Å²) < 4.78 is 1.32. The molecule has 3 heterocycles. The fraction of sp³-hybridized carbons (Fsp3) is 0.0690. The van der Waals surface area contributed by atoms with E-state index in [-0.39, 0.29) is 0 Å². The molecule has 0 bridgehead atoms. The van der Waals surface area contributed by atoms with Gasteiger partial charge in [-0.25, -0.2) is 0 Å². The van der Waals surface area contributed by atoms with E-state index < -0.39 is 0 Å². The molecule has 6 rings (SSSR count). The first-order valence-electron chi connectivity index (χ1n) is 10.9. The number of pyridine rings is 1. The molecular formula is C29H22N2S.